The van der Waals surface area contributed by atoms with E-state index in [0.29, 0.717) is 0 Å². The Morgan fingerprint density at radius 3 is 0.651 bits per heavy atom. The van der Waals surface area contributed by atoms with E-state index in [4.69, 9.17) is 0 Å². The average Bonchev–Trinajstić information content (AvgIpc) is 0.692. The molecule has 2 aromatic carbocycles. The molecule has 0 saturated heterocycles. The lowest BCUT2D eigenvalue weighted by atomic mass is 9.86. The first-order chi connectivity index (χ1) is 54.3. The first-order valence-electron chi connectivity index (χ1n) is 31.5. The van der Waals surface area contributed by atoms with Crippen LogP contribution in [0.3, 0.4) is 0 Å². The Bertz CT molecular complexity index is 3800. The van der Waals surface area contributed by atoms with E-state index >= 15 is 105 Å². The Kier molecular flexibility index (Phi) is 29.5. The molecule has 4 nitrogen and oxygen atoms in total. The number of rotatable bonds is 40. The van der Waals surface area contributed by atoms with Crippen LogP contribution in [0.1, 0.15) is 69.3 Å². The van der Waals surface area contributed by atoms with Crippen LogP contribution in [-0.4, -0.2) is 215 Å². The summed E-state index contributed by atoms with van der Waals surface area (Å²) in [5.41, 5.74) is -3.54. The van der Waals surface area contributed by atoms with E-state index in [0.717, 1.165) is 58.0 Å². The van der Waals surface area contributed by atoms with E-state index < -0.39 is 295 Å². The first kappa shape index (κ1) is 115. The number of halogens is 63. The molecule has 0 aliphatic heterocycles. The molecule has 0 aliphatic rings. The van der Waals surface area contributed by atoms with E-state index in [2.05, 4.69) is 5.32 Å². The maximum absolute atomic E-state index is 16.2. The molecule has 68 heteroatoms. The highest BCUT2D eigenvalue weighted by atomic mass is 28.3. The minimum absolute atomic E-state index is 0.156. The summed E-state index contributed by atoms with van der Waals surface area (Å²) in [6.07, 6.45) is -42.0. The molecule has 0 fully saturated rings. The number of alkyl halides is 63. The molecule has 1 N–H and O–H groups in total. The summed E-state index contributed by atoms with van der Waals surface area (Å²) in [5, 5.41) is -0.684. The van der Waals surface area contributed by atoms with E-state index in [9.17, 15) is 181 Å². The third-order valence-electron chi connectivity index (χ3n) is 18.2. The number of hydrogen-bond donors (Lipinski definition) is 1. The van der Waals surface area contributed by atoms with Gasteiger partial charge in [-0.05, 0) is 63.0 Å². The monoisotopic (exact) mass is 2020 g/mol. The van der Waals surface area contributed by atoms with E-state index in [1.807, 2.05) is 0 Å². The zero-order valence-electron chi connectivity index (χ0n) is 59.5. The number of amides is 2. The summed E-state index contributed by atoms with van der Waals surface area (Å²) in [6.45, 7) is 3.00. The van der Waals surface area contributed by atoms with Crippen LogP contribution in [0.25, 0.3) is 0 Å². The topological polar surface area (TPSA) is 49.4 Å². The van der Waals surface area contributed by atoms with Gasteiger partial charge in [-0.25, -0.2) is 0 Å². The van der Waals surface area contributed by atoms with Crippen molar-refractivity contribution in [3.63, 3.8) is 0 Å². The van der Waals surface area contributed by atoms with Gasteiger partial charge in [-0.3, -0.25) is 9.59 Å². The van der Waals surface area contributed by atoms with Gasteiger partial charge >= 0.3 is 178 Å². The fraction of sp³-hybridized carbons (Fsp3) is 0.759. The van der Waals surface area contributed by atoms with Crippen LogP contribution in [0.2, 0.25) is 18.1 Å². The van der Waals surface area contributed by atoms with Gasteiger partial charge in [-0.15, -0.1) is 0 Å². The van der Waals surface area contributed by atoms with Crippen molar-refractivity contribution in [2.24, 2.45) is 0 Å². The molecule has 738 valence electrons. The molecule has 0 saturated carbocycles. The van der Waals surface area contributed by atoms with Crippen molar-refractivity contribution in [2.45, 2.75) is 268 Å². The summed E-state index contributed by atoms with van der Waals surface area (Å²) in [5.74, 6) is -269. The Balaban J connectivity index is 3.70. The maximum atomic E-state index is 16.2. The second-order valence-corrected chi connectivity index (χ2v) is 32.5. The van der Waals surface area contributed by atoms with Crippen molar-refractivity contribution in [3.05, 3.63) is 65.7 Å². The molecule has 1 atom stereocenters. The zero-order valence-corrected chi connectivity index (χ0v) is 60.5. The van der Waals surface area contributed by atoms with E-state index in [1.54, 1.807) is 0 Å². The molecular formula is C58H39F63N2O2Si. The Morgan fingerprint density at radius 1 is 0.278 bits per heavy atom. The SMILES string of the molecule is CCC(C(=O)NC(C)(C)C)N(Cc1ccccc1)C(=O)c1ccc([Si](CCC(F)(F)C(F)(F)C(F)(F)C(F)(F)C(F)(F)C(F)(F)C(F)(F)C(F)(F)C(F)(F)C(F)(F)F)(CCC(F)(F)C(F)(F)C(F)(F)C(F)(F)C(F)(F)C(F)(F)C(F)(F)C(F)(F)C(F)(F)C(F)(F)F)CCC(F)(F)C(F)(F)C(F)(F)C(F)(F)C(F)(F)C(F)(F)C(F)(F)C(F)(F)C(F)(F)C(F)(F)F)cc1. The highest BCUT2D eigenvalue weighted by Gasteiger charge is 3.02. The highest BCUT2D eigenvalue weighted by Crippen LogP contribution is 2.72. The molecule has 2 rings (SSSR count). The molecule has 0 spiro atoms. The smallest absolute Gasteiger partial charge is 0.350 e. The molecule has 0 aromatic heterocycles. The lowest BCUT2D eigenvalue weighted by Crippen LogP contribution is -2.77. The van der Waals surface area contributed by atoms with Gasteiger partial charge in [0.15, 0.2) is 0 Å². The molecule has 0 bridgehead atoms. The quantitative estimate of drug-likeness (QED) is 0.0534. The van der Waals surface area contributed by atoms with Crippen molar-refractivity contribution in [1.29, 1.82) is 0 Å². The van der Waals surface area contributed by atoms with Crippen LogP contribution >= 0.6 is 0 Å². The molecule has 0 radical (unpaired) electrons. The normalized spacial score (nSPS) is 16.5. The number of hydrogen-bond acceptors (Lipinski definition) is 2. The summed E-state index contributed by atoms with van der Waals surface area (Å²) >= 11 is 0. The number of nitrogens with zero attached hydrogens (tertiary/aromatic N) is 1. The van der Waals surface area contributed by atoms with Crippen molar-refractivity contribution in [1.82, 2.24) is 10.2 Å². The van der Waals surface area contributed by atoms with Crippen LogP contribution in [0.15, 0.2) is 54.6 Å². The van der Waals surface area contributed by atoms with Gasteiger partial charge in [-0.2, -0.15) is 277 Å². The molecule has 2 amide bonds. The first-order valence-corrected chi connectivity index (χ1v) is 34.1. The van der Waals surface area contributed by atoms with Crippen molar-refractivity contribution in [2.75, 3.05) is 0 Å². The number of carbonyl (C=O) groups excluding carboxylic acids is 2. The standard InChI is InChI=1S/C58H39F63N2O2Si/c1-5-25(26(124)122-28(2,3)4)123(21-22-9-7-6-8-10-22)27(125)23-11-13-24(14-12-23)126(18-15-29(59,60)32(65,66)35(71,72)38(77,78)41(83,84)44(89,90)47(95,96)50(101,102)53(107,108)56(113,114)115,19-16-30(61,62)33(67,68)36(73,74)39(79,80)42(85,86)45(91,92)48(97,98)51(103,104)54(109,110)57(116,117)118)20-17-31(63,64)34(69,70)37(75,76)40(81,82)43(87,88)46(93,94)49(99,100)52(105,106)55(111,112)58(119,120)121/h6-14,25H,5,15-21H2,1-4H3,(H,122,124). The molecule has 126 heavy (non-hydrogen) atoms. The Morgan fingerprint density at radius 2 is 0.468 bits per heavy atom. The fourth-order valence-corrected chi connectivity index (χ4v) is 15.3. The molecule has 2 aromatic rings. The second-order valence-electron chi connectivity index (χ2n) is 27.8. The summed E-state index contributed by atoms with van der Waals surface area (Å²) in [6, 6.07) is -13.2. The number of nitrogens with one attached hydrogen (secondary N) is 1. The van der Waals surface area contributed by atoms with Gasteiger partial charge < -0.3 is 10.2 Å². The van der Waals surface area contributed by atoms with Crippen LogP contribution < -0.4 is 10.5 Å². The predicted molar refractivity (Wildman–Crippen MR) is 290 cm³/mol. The van der Waals surface area contributed by atoms with Crippen LogP contribution in [-0.2, 0) is 11.3 Å². The minimum Gasteiger partial charge on any atom is -0.350 e. The third-order valence-corrected chi connectivity index (χ3v) is 23.4. The number of carbonyl (C=O) groups is 2. The highest BCUT2D eigenvalue weighted by molar-refractivity contribution is 6.92. The van der Waals surface area contributed by atoms with Gasteiger partial charge in [0.25, 0.3) is 5.91 Å². The lowest BCUT2D eigenvalue weighted by molar-refractivity contribution is -0.474. The minimum atomic E-state index is -10.3. The third kappa shape index (κ3) is 16.7. The predicted octanol–water partition coefficient (Wildman–Crippen LogP) is 25.7. The largest absolute Gasteiger partial charge is 0.460 e. The van der Waals surface area contributed by atoms with Crippen LogP contribution in [0.4, 0.5) is 277 Å². The average molecular weight is 2020 g/mol. The molecule has 0 aliphatic carbocycles. The van der Waals surface area contributed by atoms with Crippen LogP contribution in [0.5, 0.6) is 0 Å². The van der Waals surface area contributed by atoms with Gasteiger partial charge in [0, 0.05) is 36.9 Å². The van der Waals surface area contributed by atoms with Gasteiger partial charge in [-0.1, -0.05) is 54.6 Å². The van der Waals surface area contributed by atoms with Crippen molar-refractivity contribution < 1.29 is 286 Å². The van der Waals surface area contributed by atoms with E-state index in [-0.39, 0.29) is 10.5 Å². The number of benzene rings is 2. The summed E-state index contributed by atoms with van der Waals surface area (Å²) in [4.78, 5) is 28.2. The Hall–Kier alpha value is -6.81. The van der Waals surface area contributed by atoms with Crippen molar-refractivity contribution >= 4 is 25.1 Å². The lowest BCUT2D eigenvalue weighted by Gasteiger charge is -2.45. The fourth-order valence-electron chi connectivity index (χ4n) is 10.5. The van der Waals surface area contributed by atoms with Gasteiger partial charge in [0.05, 0.1) is 8.07 Å². The summed E-state index contributed by atoms with van der Waals surface area (Å²) < 4.78 is 915. The van der Waals surface area contributed by atoms with Gasteiger partial charge in [0.2, 0.25) is 5.91 Å². The van der Waals surface area contributed by atoms with Crippen molar-refractivity contribution in [3.8, 4) is 0 Å². The van der Waals surface area contributed by atoms with Crippen LogP contribution in [0, 0.1) is 0 Å². The molecular weight excluding hydrogens is 1980 g/mol. The second kappa shape index (κ2) is 32.3. The van der Waals surface area contributed by atoms with Gasteiger partial charge in [0.1, 0.15) is 6.04 Å². The summed E-state index contributed by atoms with van der Waals surface area (Å²) in [7, 11) is -8.48. The Labute approximate surface area is 655 Å². The molecule has 0 heterocycles. The molecule has 1 unspecified atom stereocenters. The maximum Gasteiger partial charge on any atom is 0.460 e. The zero-order chi connectivity index (χ0) is 102. The van der Waals surface area contributed by atoms with E-state index in [1.165, 1.54) is 0 Å².